The van der Waals surface area contributed by atoms with Crippen LogP contribution in [0.3, 0.4) is 0 Å². The zero-order valence-corrected chi connectivity index (χ0v) is 14.2. The van der Waals surface area contributed by atoms with Gasteiger partial charge in [0.15, 0.2) is 5.78 Å². The third-order valence-corrected chi connectivity index (χ3v) is 4.12. The number of hydrogen-bond donors (Lipinski definition) is 0. The average molecular weight is 359 g/mol. The predicted octanol–water partition coefficient (Wildman–Crippen LogP) is 6.18. The fourth-order valence-corrected chi connectivity index (χ4v) is 2.88. The molecule has 0 aliphatic rings. The Labute approximate surface area is 174 Å². The largest absolute Gasteiger partial charge is 0.289 e. The number of rotatable bonds is 5. The molecule has 0 saturated carbocycles. The zero-order chi connectivity index (χ0) is 27.2. The molecule has 1 nitrogen and oxygen atoms in total. The summed E-state index contributed by atoms with van der Waals surface area (Å²) in [5.74, 6) is -0.495. The van der Waals surface area contributed by atoms with E-state index in [2.05, 4.69) is 0 Å². The van der Waals surface area contributed by atoms with Crippen LogP contribution in [-0.2, 0) is 6.42 Å². The quantitative estimate of drug-likeness (QED) is 0.390. The molecule has 1 heteroatoms. The molecule has 0 saturated heterocycles. The fourth-order valence-electron chi connectivity index (χ4n) is 2.88. The Balaban J connectivity index is 1.87. The van der Waals surface area contributed by atoms with Gasteiger partial charge in [0, 0.05) is 11.1 Å². The molecule has 4 rings (SSSR count). The highest BCUT2D eigenvalue weighted by molar-refractivity contribution is 6.13. The lowest BCUT2D eigenvalue weighted by Crippen LogP contribution is -2.07. The van der Waals surface area contributed by atoms with E-state index in [4.69, 9.17) is 13.7 Å². The van der Waals surface area contributed by atoms with Crippen LogP contribution < -0.4 is 0 Å². The lowest BCUT2D eigenvalue weighted by Gasteiger charge is -2.12. The van der Waals surface area contributed by atoms with Gasteiger partial charge in [-0.25, -0.2) is 0 Å². The van der Waals surface area contributed by atoms with Gasteiger partial charge in [0.1, 0.15) is 0 Å². The Morgan fingerprint density at radius 1 is 0.704 bits per heavy atom. The summed E-state index contributed by atoms with van der Waals surface area (Å²) in [4.78, 5) is 13.8. The topological polar surface area (TPSA) is 17.1 Å². The number of carbonyl (C=O) groups excluding carboxylic acids is 1. The molecule has 0 aliphatic carbocycles. The zero-order valence-electron chi connectivity index (χ0n) is 24.2. The molecule has 0 radical (unpaired) electrons. The van der Waals surface area contributed by atoms with Crippen molar-refractivity contribution in [2.24, 2.45) is 0 Å². The van der Waals surface area contributed by atoms with Gasteiger partial charge in [0.05, 0.1) is 13.7 Å². The van der Waals surface area contributed by atoms with E-state index < -0.39 is 54.1 Å². The van der Waals surface area contributed by atoms with Crippen LogP contribution in [0.5, 0.6) is 0 Å². The van der Waals surface area contributed by atoms with Gasteiger partial charge < -0.3 is 0 Å². The third-order valence-electron chi connectivity index (χ3n) is 4.12. The Kier molecular flexibility index (Phi) is 2.60. The van der Waals surface area contributed by atoms with Crippen LogP contribution in [0.1, 0.15) is 40.8 Å². The molecule has 4 aromatic rings. The maximum absolute atomic E-state index is 13.8. The summed E-state index contributed by atoms with van der Waals surface area (Å²) in [7, 11) is 0. The molecule has 0 aliphatic heterocycles. The number of benzene rings is 4. The van der Waals surface area contributed by atoms with Gasteiger partial charge >= 0.3 is 0 Å². The van der Waals surface area contributed by atoms with Crippen molar-refractivity contribution < 1.29 is 18.5 Å². The first kappa shape index (κ1) is 8.96. The smallest absolute Gasteiger partial charge is 0.193 e. The molecule has 0 unspecified atom stereocenters. The van der Waals surface area contributed by atoms with Gasteiger partial charge in [0.2, 0.25) is 0 Å². The highest BCUT2D eigenvalue weighted by Gasteiger charge is 2.17. The van der Waals surface area contributed by atoms with Crippen LogP contribution >= 0.6 is 0 Å². The van der Waals surface area contributed by atoms with E-state index >= 15 is 0 Å². The molecule has 0 spiro atoms. The third kappa shape index (κ3) is 3.73. The number of carbonyl (C=O) groups is 1. The molecular weight excluding hydrogens is 328 g/mol. The molecule has 0 aromatic heterocycles. The maximum atomic E-state index is 13.8. The molecule has 0 heterocycles. The van der Waals surface area contributed by atoms with E-state index in [1.54, 1.807) is 36.4 Å². The Bertz CT molecular complexity index is 1520. The van der Waals surface area contributed by atoms with Gasteiger partial charge in [-0.05, 0) is 28.7 Å². The van der Waals surface area contributed by atoms with E-state index in [0.717, 1.165) is 0 Å². The molecule has 0 fully saturated rings. The van der Waals surface area contributed by atoms with Gasteiger partial charge in [-0.2, -0.15) is 0 Å². The number of hydrogen-bond acceptors (Lipinski definition) is 1. The minimum Gasteiger partial charge on any atom is -0.289 e. The molecule has 0 atom stereocenters. The molecule has 0 bridgehead atoms. The van der Waals surface area contributed by atoms with Gasteiger partial charge in [-0.3, -0.25) is 4.79 Å². The van der Waals surface area contributed by atoms with E-state index in [-0.39, 0.29) is 46.3 Å². The highest BCUT2D eigenvalue weighted by atomic mass is 16.1. The maximum Gasteiger partial charge on any atom is 0.193 e. The average Bonchev–Trinajstić information content (AvgIpc) is 2.91. The molecule has 0 amide bonds. The van der Waals surface area contributed by atoms with Crippen LogP contribution in [0.25, 0.3) is 11.1 Å². The highest BCUT2D eigenvalue weighted by Crippen LogP contribution is 2.27. The van der Waals surface area contributed by atoms with Crippen LogP contribution in [0.2, 0.25) is 0 Å². The fraction of sp³-hybridized carbons (Fsp3) is 0.0385. The summed E-state index contributed by atoms with van der Waals surface area (Å²) in [6, 6.07) is 8.12. The second kappa shape index (κ2) is 7.84. The van der Waals surface area contributed by atoms with Crippen molar-refractivity contribution in [3.05, 3.63) is 131 Å². The summed E-state index contributed by atoms with van der Waals surface area (Å²) in [5.41, 5.74) is 0.843. The first-order valence-electron chi connectivity index (χ1n) is 13.3. The Morgan fingerprint density at radius 2 is 1.30 bits per heavy atom. The SMILES string of the molecule is [2H]c1c([2H])c([2H])c(Cc2ccccc2C(=O)c2ccccc2-c2c([2H])c([2H])c([2H])c([2H])c2[2H])c([2H])c1[2H]. The summed E-state index contributed by atoms with van der Waals surface area (Å²) in [6.45, 7) is 0. The van der Waals surface area contributed by atoms with Crippen molar-refractivity contribution in [1.29, 1.82) is 0 Å². The molecule has 130 valence electrons. The van der Waals surface area contributed by atoms with Crippen LogP contribution in [0.15, 0.2) is 109 Å². The minimum atomic E-state index is -0.536. The van der Waals surface area contributed by atoms with Crippen LogP contribution in [0, 0.1) is 0 Å². The molecular formula is C26H20O. The van der Waals surface area contributed by atoms with Crippen molar-refractivity contribution in [3.8, 4) is 11.1 Å². The lowest BCUT2D eigenvalue weighted by atomic mass is 9.90. The number of ketones is 1. The summed E-state index contributed by atoms with van der Waals surface area (Å²) in [6.07, 6.45) is -0.103. The summed E-state index contributed by atoms with van der Waals surface area (Å²) >= 11 is 0. The normalized spacial score (nSPS) is 15.7. The standard InChI is InChI=1S/C26H20O/c27-26(25-18-10-9-16-23(25)21-13-5-2-6-14-21)24-17-8-7-15-22(24)19-20-11-3-1-4-12-20/h1-18H,19H2/i1D,2D,3D,4D,5D,6D,11D,12D,13D,14D. The van der Waals surface area contributed by atoms with E-state index in [1.807, 2.05) is 0 Å². The second-order valence-corrected chi connectivity index (χ2v) is 5.81. The van der Waals surface area contributed by atoms with E-state index in [0.29, 0.717) is 5.56 Å². The van der Waals surface area contributed by atoms with E-state index in [9.17, 15) is 4.79 Å². The van der Waals surface area contributed by atoms with Crippen molar-refractivity contribution in [2.45, 2.75) is 6.42 Å². The molecule has 4 aromatic carbocycles. The van der Waals surface area contributed by atoms with Crippen molar-refractivity contribution in [3.63, 3.8) is 0 Å². The van der Waals surface area contributed by atoms with Crippen molar-refractivity contribution in [2.75, 3.05) is 0 Å². The predicted molar refractivity (Wildman–Crippen MR) is 111 cm³/mol. The first-order chi connectivity index (χ1) is 17.5. The van der Waals surface area contributed by atoms with Crippen LogP contribution in [-0.4, -0.2) is 5.78 Å². The molecule has 0 N–H and O–H groups in total. The van der Waals surface area contributed by atoms with Gasteiger partial charge in [-0.1, -0.05) is 109 Å². The first-order valence-corrected chi connectivity index (χ1v) is 8.32. The Hall–Kier alpha value is -3.45. The lowest BCUT2D eigenvalue weighted by molar-refractivity contribution is 0.103. The Morgan fingerprint density at radius 3 is 2.04 bits per heavy atom. The molecule has 27 heavy (non-hydrogen) atoms. The monoisotopic (exact) mass is 358 g/mol. The minimum absolute atomic E-state index is 0.0464. The summed E-state index contributed by atoms with van der Waals surface area (Å²) < 4.78 is 80.7. The van der Waals surface area contributed by atoms with E-state index in [1.165, 1.54) is 12.1 Å². The van der Waals surface area contributed by atoms with Crippen LogP contribution in [0.4, 0.5) is 0 Å². The second-order valence-electron chi connectivity index (χ2n) is 5.81. The van der Waals surface area contributed by atoms with Crippen molar-refractivity contribution in [1.82, 2.24) is 0 Å². The van der Waals surface area contributed by atoms with Gasteiger partial charge in [-0.15, -0.1) is 0 Å². The van der Waals surface area contributed by atoms with Crippen molar-refractivity contribution >= 4 is 5.78 Å². The van der Waals surface area contributed by atoms with Gasteiger partial charge in [0.25, 0.3) is 0 Å². The summed E-state index contributed by atoms with van der Waals surface area (Å²) in [5, 5.41) is 0.